The molecule has 0 spiro atoms. The SMILES string of the molecule is C=CCC1=Cc2ccccc2C1S(=O)(=O)O. The molecule has 3 nitrogen and oxygen atoms in total. The Labute approximate surface area is 94.9 Å². The fourth-order valence-corrected chi connectivity index (χ4v) is 3.12. The lowest BCUT2D eigenvalue weighted by molar-refractivity contribution is 0.474. The van der Waals surface area contributed by atoms with Crippen molar-refractivity contribution in [3.8, 4) is 0 Å². The van der Waals surface area contributed by atoms with Gasteiger partial charge in [-0.2, -0.15) is 8.42 Å². The van der Waals surface area contributed by atoms with Crippen molar-refractivity contribution in [3.05, 3.63) is 53.6 Å². The molecular weight excluding hydrogens is 224 g/mol. The quantitative estimate of drug-likeness (QED) is 0.648. The van der Waals surface area contributed by atoms with Gasteiger partial charge in [-0.15, -0.1) is 6.58 Å². The highest BCUT2D eigenvalue weighted by Crippen LogP contribution is 2.40. The fourth-order valence-electron chi connectivity index (χ4n) is 2.04. The molecule has 4 heteroatoms. The molecule has 0 amide bonds. The first-order chi connectivity index (χ1) is 7.54. The van der Waals surface area contributed by atoms with Crippen LogP contribution in [0, 0.1) is 0 Å². The van der Waals surface area contributed by atoms with E-state index in [4.69, 9.17) is 0 Å². The van der Waals surface area contributed by atoms with Crippen LogP contribution in [0.4, 0.5) is 0 Å². The van der Waals surface area contributed by atoms with Crippen LogP contribution in [-0.2, 0) is 10.1 Å². The van der Waals surface area contributed by atoms with Crippen molar-refractivity contribution < 1.29 is 13.0 Å². The van der Waals surface area contributed by atoms with E-state index in [1.54, 1.807) is 24.3 Å². The third-order valence-corrected chi connectivity index (χ3v) is 3.79. The molecule has 84 valence electrons. The van der Waals surface area contributed by atoms with Crippen molar-refractivity contribution in [1.82, 2.24) is 0 Å². The molecule has 1 unspecified atom stereocenters. The number of rotatable bonds is 3. The first-order valence-corrected chi connectivity index (χ1v) is 6.41. The Balaban J connectivity index is 2.57. The van der Waals surface area contributed by atoms with E-state index in [1.165, 1.54) is 0 Å². The molecule has 0 radical (unpaired) electrons. The normalized spacial score (nSPS) is 19.1. The van der Waals surface area contributed by atoms with Crippen LogP contribution in [-0.4, -0.2) is 13.0 Å². The maximum Gasteiger partial charge on any atom is 0.275 e. The minimum absolute atomic E-state index is 0.457. The van der Waals surface area contributed by atoms with Crippen LogP contribution in [0.3, 0.4) is 0 Å². The van der Waals surface area contributed by atoms with Crippen LogP contribution in [0.1, 0.15) is 22.8 Å². The second-order valence-electron chi connectivity index (χ2n) is 3.74. The summed E-state index contributed by atoms with van der Waals surface area (Å²) >= 11 is 0. The minimum atomic E-state index is -4.10. The number of allylic oxidation sites excluding steroid dienone is 1. The Morgan fingerprint density at radius 2 is 2.06 bits per heavy atom. The van der Waals surface area contributed by atoms with Gasteiger partial charge in [0.1, 0.15) is 5.25 Å². The molecular formula is C12H12O3S. The first-order valence-electron chi connectivity index (χ1n) is 4.90. The molecule has 0 heterocycles. The van der Waals surface area contributed by atoms with Crippen molar-refractivity contribution >= 4 is 16.2 Å². The average molecular weight is 236 g/mol. The van der Waals surface area contributed by atoms with Gasteiger partial charge in [-0.1, -0.05) is 36.4 Å². The highest BCUT2D eigenvalue weighted by Gasteiger charge is 2.33. The van der Waals surface area contributed by atoms with Crippen LogP contribution in [0.25, 0.3) is 6.08 Å². The van der Waals surface area contributed by atoms with Gasteiger partial charge in [-0.25, -0.2) is 0 Å². The van der Waals surface area contributed by atoms with Gasteiger partial charge >= 0.3 is 0 Å². The molecule has 2 rings (SSSR count). The maximum atomic E-state index is 11.4. The van der Waals surface area contributed by atoms with Gasteiger partial charge < -0.3 is 0 Å². The summed E-state index contributed by atoms with van der Waals surface area (Å²) in [5, 5.41) is -0.929. The molecule has 0 fully saturated rings. The van der Waals surface area contributed by atoms with Crippen molar-refractivity contribution in [2.24, 2.45) is 0 Å². The van der Waals surface area contributed by atoms with Crippen LogP contribution < -0.4 is 0 Å². The summed E-state index contributed by atoms with van der Waals surface area (Å²) in [7, 11) is -4.10. The summed E-state index contributed by atoms with van der Waals surface area (Å²) in [4.78, 5) is 0. The van der Waals surface area contributed by atoms with Gasteiger partial charge in [0, 0.05) is 0 Å². The summed E-state index contributed by atoms with van der Waals surface area (Å²) in [5.41, 5.74) is 2.16. The number of hydrogen-bond donors (Lipinski definition) is 1. The molecule has 0 saturated carbocycles. The van der Waals surface area contributed by atoms with E-state index < -0.39 is 15.4 Å². The standard InChI is InChI=1S/C12H12O3S/c1-2-5-10-8-9-6-3-4-7-11(9)12(10)16(13,14)15/h2-4,6-8,12H,1,5H2,(H,13,14,15). The van der Waals surface area contributed by atoms with Gasteiger partial charge in [-0.05, 0) is 23.1 Å². The molecule has 1 aliphatic carbocycles. The molecule has 0 aromatic heterocycles. The van der Waals surface area contributed by atoms with E-state index in [-0.39, 0.29) is 0 Å². The predicted molar refractivity (Wildman–Crippen MR) is 63.5 cm³/mol. The van der Waals surface area contributed by atoms with Gasteiger partial charge in [0.2, 0.25) is 0 Å². The minimum Gasteiger partial charge on any atom is -0.285 e. The van der Waals surface area contributed by atoms with Crippen LogP contribution in [0.5, 0.6) is 0 Å². The van der Waals surface area contributed by atoms with Crippen molar-refractivity contribution in [2.75, 3.05) is 0 Å². The summed E-state index contributed by atoms with van der Waals surface area (Å²) in [6, 6.07) is 7.17. The van der Waals surface area contributed by atoms with E-state index in [0.29, 0.717) is 17.6 Å². The van der Waals surface area contributed by atoms with Gasteiger partial charge in [0.15, 0.2) is 0 Å². The molecule has 16 heavy (non-hydrogen) atoms. The zero-order chi connectivity index (χ0) is 11.8. The summed E-state index contributed by atoms with van der Waals surface area (Å²) in [5.74, 6) is 0. The molecule has 1 aromatic rings. The largest absolute Gasteiger partial charge is 0.285 e. The molecule has 1 aliphatic rings. The van der Waals surface area contributed by atoms with E-state index in [1.807, 2.05) is 12.1 Å². The average Bonchev–Trinajstić information content (AvgIpc) is 2.55. The molecule has 0 aliphatic heterocycles. The monoisotopic (exact) mass is 236 g/mol. The predicted octanol–water partition coefficient (Wildman–Crippen LogP) is 2.59. The molecule has 1 atom stereocenters. The maximum absolute atomic E-state index is 11.4. The molecule has 1 N–H and O–H groups in total. The lowest BCUT2D eigenvalue weighted by atomic mass is 10.1. The Morgan fingerprint density at radius 1 is 1.38 bits per heavy atom. The van der Waals surface area contributed by atoms with Crippen molar-refractivity contribution in [3.63, 3.8) is 0 Å². The third kappa shape index (κ3) is 1.81. The smallest absolute Gasteiger partial charge is 0.275 e. The molecule has 0 saturated heterocycles. The Bertz CT molecular complexity index is 555. The van der Waals surface area contributed by atoms with Crippen LogP contribution in [0.15, 0.2) is 42.5 Å². The Kier molecular flexibility index (Phi) is 2.69. The second kappa shape index (κ2) is 3.88. The zero-order valence-corrected chi connectivity index (χ0v) is 9.44. The summed E-state index contributed by atoms with van der Waals surface area (Å²) in [6.07, 6.45) is 3.89. The first kappa shape index (κ1) is 11.1. The van der Waals surface area contributed by atoms with Crippen molar-refractivity contribution in [2.45, 2.75) is 11.7 Å². The second-order valence-corrected chi connectivity index (χ2v) is 5.24. The fraction of sp³-hybridized carbons (Fsp3) is 0.167. The van der Waals surface area contributed by atoms with Gasteiger partial charge in [-0.3, -0.25) is 4.55 Å². The Hall–Kier alpha value is -1.39. The van der Waals surface area contributed by atoms with Crippen LogP contribution >= 0.6 is 0 Å². The number of hydrogen-bond acceptors (Lipinski definition) is 2. The van der Waals surface area contributed by atoms with E-state index in [0.717, 1.165) is 5.56 Å². The van der Waals surface area contributed by atoms with E-state index >= 15 is 0 Å². The highest BCUT2D eigenvalue weighted by molar-refractivity contribution is 7.86. The summed E-state index contributed by atoms with van der Waals surface area (Å²) < 4.78 is 32.0. The van der Waals surface area contributed by atoms with E-state index in [9.17, 15) is 13.0 Å². The lowest BCUT2D eigenvalue weighted by Gasteiger charge is -2.12. The highest BCUT2D eigenvalue weighted by atomic mass is 32.2. The van der Waals surface area contributed by atoms with Gasteiger partial charge in [0.25, 0.3) is 10.1 Å². The molecule has 1 aromatic carbocycles. The van der Waals surface area contributed by atoms with Gasteiger partial charge in [0.05, 0.1) is 0 Å². The summed E-state index contributed by atoms with van der Waals surface area (Å²) in [6.45, 7) is 3.59. The van der Waals surface area contributed by atoms with Crippen molar-refractivity contribution in [1.29, 1.82) is 0 Å². The lowest BCUT2D eigenvalue weighted by Crippen LogP contribution is -2.12. The van der Waals surface area contributed by atoms with E-state index in [2.05, 4.69) is 6.58 Å². The third-order valence-electron chi connectivity index (χ3n) is 2.63. The van der Waals surface area contributed by atoms with Crippen LogP contribution in [0.2, 0.25) is 0 Å². The zero-order valence-electron chi connectivity index (χ0n) is 8.63. The molecule has 0 bridgehead atoms. The number of benzene rings is 1. The Morgan fingerprint density at radius 3 is 2.69 bits per heavy atom. The number of fused-ring (bicyclic) bond motifs is 1. The topological polar surface area (TPSA) is 54.4 Å².